The standard InChI is InChI=1S/C13H22N2O4S/c1-4-14-8-9-5-6-12(19-9)20(17,18)15-10-7-11(16)13(10,2)3/h5-6,10-11,14-16H,4,7-8H2,1-3H3. The molecule has 0 bridgehead atoms. The lowest BCUT2D eigenvalue weighted by molar-refractivity contribution is -0.0646. The molecule has 1 aliphatic rings. The minimum Gasteiger partial charge on any atom is -0.447 e. The molecule has 1 fully saturated rings. The zero-order chi connectivity index (χ0) is 15.0. The van der Waals surface area contributed by atoms with Gasteiger partial charge in [-0.1, -0.05) is 20.8 Å². The summed E-state index contributed by atoms with van der Waals surface area (Å²) in [6, 6.07) is 2.83. The summed E-state index contributed by atoms with van der Waals surface area (Å²) < 4.78 is 32.4. The average molecular weight is 302 g/mol. The second kappa shape index (κ2) is 5.48. The molecular formula is C13H22N2O4S. The van der Waals surface area contributed by atoms with Gasteiger partial charge in [0.05, 0.1) is 12.6 Å². The number of nitrogens with one attached hydrogen (secondary N) is 2. The van der Waals surface area contributed by atoms with Gasteiger partial charge in [-0.25, -0.2) is 13.1 Å². The molecule has 2 unspecified atom stereocenters. The Hall–Kier alpha value is -0.890. The number of aliphatic hydroxyl groups is 1. The third kappa shape index (κ3) is 2.90. The first-order valence-electron chi connectivity index (χ1n) is 6.77. The quantitative estimate of drug-likeness (QED) is 0.724. The smallest absolute Gasteiger partial charge is 0.274 e. The van der Waals surface area contributed by atoms with E-state index in [1.807, 2.05) is 20.8 Å². The molecule has 1 saturated carbocycles. The zero-order valence-electron chi connectivity index (χ0n) is 12.0. The van der Waals surface area contributed by atoms with Gasteiger partial charge in [0, 0.05) is 11.5 Å². The third-order valence-electron chi connectivity index (χ3n) is 3.96. The van der Waals surface area contributed by atoms with Gasteiger partial charge in [-0.15, -0.1) is 0 Å². The second-order valence-electron chi connectivity index (χ2n) is 5.75. The van der Waals surface area contributed by atoms with E-state index in [0.717, 1.165) is 6.54 Å². The summed E-state index contributed by atoms with van der Waals surface area (Å²) >= 11 is 0. The van der Waals surface area contributed by atoms with Crippen LogP contribution < -0.4 is 10.0 Å². The van der Waals surface area contributed by atoms with Crippen molar-refractivity contribution in [3.8, 4) is 0 Å². The fourth-order valence-electron chi connectivity index (χ4n) is 2.19. The summed E-state index contributed by atoms with van der Waals surface area (Å²) in [5, 5.41) is 12.6. The summed E-state index contributed by atoms with van der Waals surface area (Å²) in [7, 11) is -3.67. The van der Waals surface area contributed by atoms with Gasteiger partial charge in [0.25, 0.3) is 10.0 Å². The van der Waals surface area contributed by atoms with Crippen molar-refractivity contribution in [1.82, 2.24) is 10.0 Å². The van der Waals surface area contributed by atoms with Gasteiger partial charge in [0.15, 0.2) is 0 Å². The highest BCUT2D eigenvalue weighted by molar-refractivity contribution is 7.89. The van der Waals surface area contributed by atoms with E-state index in [4.69, 9.17) is 4.42 Å². The molecule has 7 heteroatoms. The maximum absolute atomic E-state index is 12.2. The van der Waals surface area contributed by atoms with Crippen LogP contribution in [0.3, 0.4) is 0 Å². The Balaban J connectivity index is 2.05. The van der Waals surface area contributed by atoms with Gasteiger partial charge in [-0.05, 0) is 25.1 Å². The lowest BCUT2D eigenvalue weighted by Crippen LogP contribution is -2.61. The first kappa shape index (κ1) is 15.5. The Morgan fingerprint density at radius 3 is 2.70 bits per heavy atom. The van der Waals surface area contributed by atoms with Crippen molar-refractivity contribution in [3.63, 3.8) is 0 Å². The monoisotopic (exact) mass is 302 g/mol. The molecule has 20 heavy (non-hydrogen) atoms. The van der Waals surface area contributed by atoms with Crippen LogP contribution in [-0.2, 0) is 16.6 Å². The fourth-order valence-corrected chi connectivity index (χ4v) is 3.55. The highest BCUT2D eigenvalue weighted by Gasteiger charge is 2.49. The van der Waals surface area contributed by atoms with Crippen molar-refractivity contribution in [2.75, 3.05) is 6.54 Å². The van der Waals surface area contributed by atoms with Crippen LogP contribution in [0.2, 0.25) is 0 Å². The normalized spacial score (nSPS) is 25.4. The van der Waals surface area contributed by atoms with Crippen molar-refractivity contribution in [3.05, 3.63) is 17.9 Å². The van der Waals surface area contributed by atoms with Gasteiger partial charge in [-0.3, -0.25) is 0 Å². The average Bonchev–Trinajstić information content (AvgIpc) is 2.85. The summed E-state index contributed by atoms with van der Waals surface area (Å²) in [5.41, 5.74) is -0.452. The van der Waals surface area contributed by atoms with E-state index < -0.39 is 21.5 Å². The van der Waals surface area contributed by atoms with Crippen molar-refractivity contribution >= 4 is 10.0 Å². The Kier molecular flexibility index (Phi) is 4.24. The van der Waals surface area contributed by atoms with Crippen molar-refractivity contribution in [2.45, 2.75) is 51.0 Å². The molecule has 2 rings (SSSR count). The Morgan fingerprint density at radius 2 is 2.15 bits per heavy atom. The van der Waals surface area contributed by atoms with E-state index in [1.165, 1.54) is 6.07 Å². The zero-order valence-corrected chi connectivity index (χ0v) is 12.8. The summed E-state index contributed by atoms with van der Waals surface area (Å²) in [5.74, 6) is 0.583. The SMILES string of the molecule is CCNCc1ccc(S(=O)(=O)NC2CC(O)C2(C)C)o1. The predicted molar refractivity (Wildman–Crippen MR) is 74.6 cm³/mol. The third-order valence-corrected chi connectivity index (χ3v) is 5.31. The van der Waals surface area contributed by atoms with E-state index in [1.54, 1.807) is 6.07 Å². The highest BCUT2D eigenvalue weighted by atomic mass is 32.2. The molecular weight excluding hydrogens is 280 g/mol. The lowest BCUT2D eigenvalue weighted by atomic mass is 9.65. The molecule has 0 aromatic carbocycles. The van der Waals surface area contributed by atoms with Gasteiger partial charge >= 0.3 is 0 Å². The summed E-state index contributed by atoms with van der Waals surface area (Å²) in [6.07, 6.45) is -0.0481. The molecule has 1 aliphatic carbocycles. The van der Waals surface area contributed by atoms with Crippen LogP contribution in [0.4, 0.5) is 0 Å². The maximum Gasteiger partial charge on any atom is 0.274 e. The number of aliphatic hydroxyl groups excluding tert-OH is 1. The van der Waals surface area contributed by atoms with Crippen molar-refractivity contribution in [1.29, 1.82) is 0 Å². The molecule has 0 aliphatic heterocycles. The summed E-state index contributed by atoms with van der Waals surface area (Å²) in [6.45, 7) is 6.93. The Bertz CT molecular complexity index is 565. The van der Waals surface area contributed by atoms with Gasteiger partial charge < -0.3 is 14.8 Å². The largest absolute Gasteiger partial charge is 0.447 e. The molecule has 1 aromatic rings. The van der Waals surface area contributed by atoms with Crippen molar-refractivity contribution < 1.29 is 17.9 Å². The van der Waals surface area contributed by atoms with E-state index >= 15 is 0 Å². The Labute approximate surface area is 119 Å². The van der Waals surface area contributed by atoms with Crippen LogP contribution in [0.15, 0.2) is 21.6 Å². The van der Waals surface area contributed by atoms with Gasteiger partial charge in [-0.2, -0.15) is 0 Å². The Morgan fingerprint density at radius 1 is 1.45 bits per heavy atom. The number of hydrogen-bond acceptors (Lipinski definition) is 5. The van der Waals surface area contributed by atoms with Crippen LogP contribution in [0.1, 0.15) is 33.0 Å². The molecule has 0 spiro atoms. The van der Waals surface area contributed by atoms with E-state index in [9.17, 15) is 13.5 Å². The molecule has 0 radical (unpaired) electrons. The van der Waals surface area contributed by atoms with E-state index in [-0.39, 0.29) is 11.1 Å². The minimum absolute atomic E-state index is 0.0809. The molecule has 0 amide bonds. The molecule has 1 heterocycles. The molecule has 1 aromatic heterocycles. The van der Waals surface area contributed by atoms with Crippen LogP contribution in [0.5, 0.6) is 0 Å². The summed E-state index contributed by atoms with van der Waals surface area (Å²) in [4.78, 5) is 0. The van der Waals surface area contributed by atoms with Crippen molar-refractivity contribution in [2.24, 2.45) is 5.41 Å². The number of hydrogen-bond donors (Lipinski definition) is 3. The van der Waals surface area contributed by atoms with E-state index in [0.29, 0.717) is 18.7 Å². The number of sulfonamides is 1. The number of furan rings is 1. The number of rotatable bonds is 6. The molecule has 0 saturated heterocycles. The van der Waals surface area contributed by atoms with Crippen LogP contribution in [0, 0.1) is 5.41 Å². The fraction of sp³-hybridized carbons (Fsp3) is 0.692. The van der Waals surface area contributed by atoms with Crippen LogP contribution in [0.25, 0.3) is 0 Å². The van der Waals surface area contributed by atoms with Crippen LogP contribution >= 0.6 is 0 Å². The highest BCUT2D eigenvalue weighted by Crippen LogP contribution is 2.41. The first-order chi connectivity index (χ1) is 9.27. The molecule has 6 nitrogen and oxygen atoms in total. The minimum atomic E-state index is -3.67. The van der Waals surface area contributed by atoms with E-state index in [2.05, 4.69) is 10.0 Å². The lowest BCUT2D eigenvalue weighted by Gasteiger charge is -2.48. The van der Waals surface area contributed by atoms with Crippen LogP contribution in [-0.4, -0.2) is 32.2 Å². The molecule has 2 atom stereocenters. The predicted octanol–water partition coefficient (Wildman–Crippen LogP) is 0.827. The molecule has 3 N–H and O–H groups in total. The first-order valence-corrected chi connectivity index (χ1v) is 8.25. The topological polar surface area (TPSA) is 91.6 Å². The maximum atomic E-state index is 12.2. The molecule has 114 valence electrons. The van der Waals surface area contributed by atoms with Gasteiger partial charge in [0.1, 0.15) is 5.76 Å². The second-order valence-corrected chi connectivity index (χ2v) is 7.39. The van der Waals surface area contributed by atoms with Gasteiger partial charge in [0.2, 0.25) is 5.09 Å².